The first-order valence-electron chi connectivity index (χ1n) is 8.47. The second-order valence-corrected chi connectivity index (χ2v) is 6.37. The fourth-order valence-corrected chi connectivity index (χ4v) is 3.56. The number of hydrogen-bond acceptors (Lipinski definition) is 3. The molecule has 25 heavy (non-hydrogen) atoms. The van der Waals surface area contributed by atoms with Crippen molar-refractivity contribution in [3.8, 4) is 5.75 Å². The molecule has 124 valence electrons. The normalized spacial score (nSPS) is 12.9. The van der Waals surface area contributed by atoms with Gasteiger partial charge in [-0.05, 0) is 41.6 Å². The minimum atomic E-state index is -0.0968. The Hall–Kier alpha value is -2.94. The zero-order valence-electron chi connectivity index (χ0n) is 14.3. The van der Waals surface area contributed by atoms with Crippen molar-refractivity contribution >= 4 is 22.3 Å². The molecule has 0 aliphatic heterocycles. The summed E-state index contributed by atoms with van der Waals surface area (Å²) in [4.78, 5) is 26.0. The lowest BCUT2D eigenvalue weighted by atomic mass is 9.82. The predicted octanol–water partition coefficient (Wildman–Crippen LogP) is 4.58. The Labute approximate surface area is 146 Å². The molecule has 0 saturated heterocycles. The predicted molar refractivity (Wildman–Crippen MR) is 97.8 cm³/mol. The summed E-state index contributed by atoms with van der Waals surface area (Å²) in [6, 6.07) is 14.9. The Bertz CT molecular complexity index is 1030. The summed E-state index contributed by atoms with van der Waals surface area (Å²) in [5, 5.41) is 1.74. The van der Waals surface area contributed by atoms with E-state index in [4.69, 9.17) is 4.74 Å². The Morgan fingerprint density at radius 2 is 1.56 bits per heavy atom. The van der Waals surface area contributed by atoms with E-state index in [1.165, 1.54) is 0 Å². The van der Waals surface area contributed by atoms with Crippen LogP contribution in [0, 0.1) is 0 Å². The van der Waals surface area contributed by atoms with Crippen molar-refractivity contribution in [2.75, 3.05) is 7.11 Å². The highest BCUT2D eigenvalue weighted by atomic mass is 16.5. The minimum absolute atomic E-state index is 0.0766. The van der Waals surface area contributed by atoms with Gasteiger partial charge in [0.1, 0.15) is 5.75 Å². The van der Waals surface area contributed by atoms with Crippen molar-refractivity contribution < 1.29 is 14.3 Å². The van der Waals surface area contributed by atoms with Crippen LogP contribution in [-0.2, 0) is 6.42 Å². The Morgan fingerprint density at radius 1 is 0.840 bits per heavy atom. The molecule has 0 aromatic heterocycles. The molecule has 3 aromatic carbocycles. The fraction of sp³-hybridized carbons (Fsp3) is 0.182. The molecule has 0 N–H and O–H groups in total. The van der Waals surface area contributed by atoms with Crippen molar-refractivity contribution in [3.05, 3.63) is 76.3 Å². The van der Waals surface area contributed by atoms with Crippen LogP contribution < -0.4 is 4.74 Å². The van der Waals surface area contributed by atoms with Crippen LogP contribution in [0.3, 0.4) is 0 Å². The summed E-state index contributed by atoms with van der Waals surface area (Å²) < 4.78 is 5.40. The van der Waals surface area contributed by atoms with E-state index >= 15 is 0 Å². The average Bonchev–Trinajstić information content (AvgIpc) is 2.64. The van der Waals surface area contributed by atoms with Gasteiger partial charge in [-0.15, -0.1) is 0 Å². The van der Waals surface area contributed by atoms with Gasteiger partial charge in [-0.3, -0.25) is 9.59 Å². The molecule has 0 fully saturated rings. The molecule has 0 heterocycles. The molecule has 0 spiro atoms. The number of ether oxygens (including phenoxy) is 1. The van der Waals surface area contributed by atoms with E-state index in [1.807, 2.05) is 36.4 Å². The van der Waals surface area contributed by atoms with Crippen LogP contribution in [0.1, 0.15) is 50.8 Å². The molecule has 1 aliphatic carbocycles. The molecule has 3 nitrogen and oxygen atoms in total. The number of ketones is 2. The standard InChI is InChI=1S/C22H18O3/c1-3-5-13-8-9-15-17(10-13)22(24)18-11-14-6-4-7-20(25-2)16(14)12-19(18)21(15)23/h4,6-12H,3,5H2,1-2H3. The largest absolute Gasteiger partial charge is 0.496 e. The van der Waals surface area contributed by atoms with E-state index in [0.29, 0.717) is 28.0 Å². The number of fused-ring (bicyclic) bond motifs is 3. The molecular weight excluding hydrogens is 312 g/mol. The van der Waals surface area contributed by atoms with Gasteiger partial charge < -0.3 is 4.74 Å². The Kier molecular flexibility index (Phi) is 3.65. The highest BCUT2D eigenvalue weighted by Crippen LogP contribution is 2.34. The van der Waals surface area contributed by atoms with Crippen LogP contribution >= 0.6 is 0 Å². The van der Waals surface area contributed by atoms with Crippen LogP contribution in [0.4, 0.5) is 0 Å². The molecule has 0 saturated carbocycles. The number of rotatable bonds is 3. The van der Waals surface area contributed by atoms with Crippen molar-refractivity contribution in [2.45, 2.75) is 19.8 Å². The Balaban J connectivity index is 1.95. The van der Waals surface area contributed by atoms with E-state index in [2.05, 4.69) is 6.92 Å². The van der Waals surface area contributed by atoms with Crippen LogP contribution in [0.15, 0.2) is 48.5 Å². The summed E-state index contributed by atoms with van der Waals surface area (Å²) in [5.74, 6) is 0.525. The van der Waals surface area contributed by atoms with Crippen molar-refractivity contribution in [3.63, 3.8) is 0 Å². The Morgan fingerprint density at radius 3 is 2.32 bits per heavy atom. The third-order valence-corrected chi connectivity index (χ3v) is 4.80. The number of carbonyl (C=O) groups excluding carboxylic acids is 2. The van der Waals surface area contributed by atoms with E-state index < -0.39 is 0 Å². The van der Waals surface area contributed by atoms with Crippen LogP contribution in [0.5, 0.6) is 5.75 Å². The zero-order valence-corrected chi connectivity index (χ0v) is 14.3. The number of methoxy groups -OCH3 is 1. The van der Waals surface area contributed by atoms with Crippen LogP contribution in [0.25, 0.3) is 10.8 Å². The molecule has 0 unspecified atom stereocenters. The highest BCUT2D eigenvalue weighted by Gasteiger charge is 2.30. The first-order valence-corrected chi connectivity index (χ1v) is 8.47. The third kappa shape index (κ3) is 2.35. The summed E-state index contributed by atoms with van der Waals surface area (Å²) in [5.41, 5.74) is 3.04. The average molecular weight is 330 g/mol. The lowest BCUT2D eigenvalue weighted by molar-refractivity contribution is 0.0979. The monoisotopic (exact) mass is 330 g/mol. The lowest BCUT2D eigenvalue weighted by Gasteiger charge is -2.19. The van der Waals surface area contributed by atoms with E-state index in [-0.39, 0.29) is 11.6 Å². The maximum Gasteiger partial charge on any atom is 0.194 e. The van der Waals surface area contributed by atoms with Gasteiger partial charge in [0, 0.05) is 27.6 Å². The topological polar surface area (TPSA) is 43.4 Å². The maximum absolute atomic E-state index is 13.0. The first-order chi connectivity index (χ1) is 12.1. The van der Waals surface area contributed by atoms with E-state index in [1.54, 1.807) is 19.2 Å². The molecule has 4 rings (SSSR count). The second-order valence-electron chi connectivity index (χ2n) is 6.37. The number of aryl methyl sites for hydroxylation is 1. The van der Waals surface area contributed by atoms with Gasteiger partial charge in [-0.2, -0.15) is 0 Å². The molecular formula is C22H18O3. The SMILES string of the molecule is CCCc1ccc2c(c1)C(=O)c1cc3cccc(OC)c3cc1C2=O. The first kappa shape index (κ1) is 15.6. The van der Waals surface area contributed by atoms with Gasteiger partial charge in [-0.1, -0.05) is 37.6 Å². The fourth-order valence-electron chi connectivity index (χ4n) is 3.56. The van der Waals surface area contributed by atoms with Crippen molar-refractivity contribution in [1.82, 2.24) is 0 Å². The summed E-state index contributed by atoms with van der Waals surface area (Å²) in [6.45, 7) is 2.10. The van der Waals surface area contributed by atoms with Gasteiger partial charge in [-0.25, -0.2) is 0 Å². The summed E-state index contributed by atoms with van der Waals surface area (Å²) >= 11 is 0. The van der Waals surface area contributed by atoms with Gasteiger partial charge in [0.2, 0.25) is 0 Å². The number of hydrogen-bond donors (Lipinski definition) is 0. The minimum Gasteiger partial charge on any atom is -0.496 e. The molecule has 1 aliphatic rings. The molecule has 3 aromatic rings. The molecule has 0 radical (unpaired) electrons. The lowest BCUT2D eigenvalue weighted by Crippen LogP contribution is -2.21. The molecule has 0 atom stereocenters. The quantitative estimate of drug-likeness (QED) is 0.552. The van der Waals surface area contributed by atoms with Crippen molar-refractivity contribution in [1.29, 1.82) is 0 Å². The zero-order chi connectivity index (χ0) is 17.6. The molecule has 0 amide bonds. The summed E-state index contributed by atoms with van der Waals surface area (Å²) in [6.07, 6.45) is 1.90. The number of benzene rings is 3. The maximum atomic E-state index is 13.0. The van der Waals surface area contributed by atoms with Gasteiger partial charge in [0.15, 0.2) is 11.6 Å². The van der Waals surface area contributed by atoms with E-state index in [9.17, 15) is 9.59 Å². The van der Waals surface area contributed by atoms with Crippen LogP contribution in [-0.4, -0.2) is 18.7 Å². The van der Waals surface area contributed by atoms with Crippen molar-refractivity contribution in [2.24, 2.45) is 0 Å². The van der Waals surface area contributed by atoms with Crippen LogP contribution in [0.2, 0.25) is 0 Å². The van der Waals surface area contributed by atoms with Gasteiger partial charge in [0.25, 0.3) is 0 Å². The smallest absolute Gasteiger partial charge is 0.194 e. The van der Waals surface area contributed by atoms with E-state index in [0.717, 1.165) is 29.2 Å². The van der Waals surface area contributed by atoms with Gasteiger partial charge in [0.05, 0.1) is 7.11 Å². The second kappa shape index (κ2) is 5.85. The summed E-state index contributed by atoms with van der Waals surface area (Å²) in [7, 11) is 1.60. The highest BCUT2D eigenvalue weighted by molar-refractivity contribution is 6.29. The molecule has 0 bridgehead atoms. The number of carbonyl (C=O) groups is 2. The third-order valence-electron chi connectivity index (χ3n) is 4.80. The molecule has 3 heteroatoms. The van der Waals surface area contributed by atoms with Gasteiger partial charge >= 0.3 is 0 Å².